The minimum Gasteiger partial charge on any atom is -0.480 e. The number of aromatic nitrogens is 1. The molecule has 0 aliphatic carbocycles. The van der Waals surface area contributed by atoms with Crippen LogP contribution in [-0.2, 0) is 11.3 Å². The zero-order chi connectivity index (χ0) is 14.7. The Morgan fingerprint density at radius 1 is 1.60 bits per heavy atom. The number of thiazole rings is 1. The van der Waals surface area contributed by atoms with Crippen molar-refractivity contribution in [1.82, 2.24) is 15.2 Å². The molecule has 1 aliphatic rings. The maximum absolute atomic E-state index is 12.1. The molecule has 1 aliphatic heterocycles. The molecule has 110 valence electrons. The lowest BCUT2D eigenvalue weighted by molar-refractivity contribution is -0.145. The number of carbonyl (C=O) groups excluding carboxylic acids is 1. The molecule has 0 radical (unpaired) electrons. The van der Waals surface area contributed by atoms with Gasteiger partial charge in [-0.05, 0) is 18.8 Å². The largest absolute Gasteiger partial charge is 0.480 e. The number of carboxylic acid groups (broad SMARTS) is 1. The van der Waals surface area contributed by atoms with Crippen molar-refractivity contribution in [2.24, 2.45) is 5.92 Å². The van der Waals surface area contributed by atoms with E-state index < -0.39 is 18.0 Å². The molecule has 1 aromatic heterocycles. The van der Waals surface area contributed by atoms with E-state index in [2.05, 4.69) is 10.3 Å². The molecule has 1 fully saturated rings. The number of piperidine rings is 1. The van der Waals surface area contributed by atoms with Crippen LogP contribution in [0.5, 0.6) is 0 Å². The molecule has 0 saturated carbocycles. The van der Waals surface area contributed by atoms with E-state index in [-0.39, 0.29) is 17.3 Å². The van der Waals surface area contributed by atoms with Crippen LogP contribution in [-0.4, -0.2) is 39.6 Å². The van der Waals surface area contributed by atoms with Gasteiger partial charge in [-0.2, -0.15) is 0 Å². The minimum atomic E-state index is -0.976. The number of amides is 2. The fourth-order valence-corrected chi connectivity index (χ4v) is 3.05. The lowest BCUT2D eigenvalue weighted by Gasteiger charge is -2.37. The summed E-state index contributed by atoms with van der Waals surface area (Å²) < 4.78 is 0. The number of nitrogens with one attached hydrogen (secondary N) is 2. The van der Waals surface area contributed by atoms with Gasteiger partial charge in [-0.25, -0.2) is 9.59 Å². The van der Waals surface area contributed by atoms with E-state index in [9.17, 15) is 19.5 Å². The van der Waals surface area contributed by atoms with Crippen molar-refractivity contribution >= 4 is 23.3 Å². The first-order valence-corrected chi connectivity index (χ1v) is 7.31. The number of likely N-dealkylation sites (tertiary alicyclic amines) is 1. The SMILES string of the molecule is CC1CCCN(C(=O)NCc2csc(=O)[nH]2)C1C(=O)O. The van der Waals surface area contributed by atoms with E-state index >= 15 is 0 Å². The van der Waals surface area contributed by atoms with Crippen molar-refractivity contribution in [1.29, 1.82) is 0 Å². The number of H-pyrrole nitrogens is 1. The molecule has 7 nitrogen and oxygen atoms in total. The minimum absolute atomic E-state index is 0.0621. The van der Waals surface area contributed by atoms with Crippen LogP contribution in [0.2, 0.25) is 0 Å². The standard InChI is InChI=1S/C12H17N3O4S/c1-7-3-2-4-15(9(7)10(16)17)11(18)13-5-8-6-20-12(19)14-8/h6-7,9H,2-5H2,1H3,(H,13,18)(H,14,19)(H,16,17). The molecular weight excluding hydrogens is 282 g/mol. The topological polar surface area (TPSA) is 103 Å². The fraction of sp³-hybridized carbons (Fsp3) is 0.583. The molecule has 0 spiro atoms. The number of hydrogen-bond acceptors (Lipinski definition) is 4. The fourth-order valence-electron chi connectivity index (χ4n) is 2.47. The Morgan fingerprint density at radius 3 is 2.95 bits per heavy atom. The van der Waals surface area contributed by atoms with E-state index in [4.69, 9.17) is 0 Å². The van der Waals surface area contributed by atoms with Crippen molar-refractivity contribution in [3.63, 3.8) is 0 Å². The number of urea groups is 1. The zero-order valence-electron chi connectivity index (χ0n) is 11.1. The second-order valence-corrected chi connectivity index (χ2v) is 5.77. The van der Waals surface area contributed by atoms with Crippen LogP contribution in [0.15, 0.2) is 10.2 Å². The number of aliphatic carboxylic acids is 1. The first-order chi connectivity index (χ1) is 9.49. The molecular formula is C12H17N3O4S. The van der Waals surface area contributed by atoms with Gasteiger partial charge in [-0.15, -0.1) is 0 Å². The number of carbonyl (C=O) groups is 2. The Balaban J connectivity index is 1.99. The van der Waals surface area contributed by atoms with Gasteiger partial charge in [-0.3, -0.25) is 4.79 Å². The summed E-state index contributed by atoms with van der Waals surface area (Å²) in [6.45, 7) is 2.47. The number of aromatic amines is 1. The quantitative estimate of drug-likeness (QED) is 0.769. The van der Waals surface area contributed by atoms with Gasteiger partial charge in [0.2, 0.25) is 0 Å². The predicted octanol–water partition coefficient (Wildman–Crippen LogP) is 0.831. The van der Waals surface area contributed by atoms with Gasteiger partial charge in [0.05, 0.1) is 6.54 Å². The van der Waals surface area contributed by atoms with Gasteiger partial charge in [0.25, 0.3) is 0 Å². The van der Waals surface area contributed by atoms with Gasteiger partial charge in [0, 0.05) is 17.6 Å². The highest BCUT2D eigenvalue weighted by molar-refractivity contribution is 7.07. The number of nitrogens with zero attached hydrogens (tertiary/aromatic N) is 1. The summed E-state index contributed by atoms with van der Waals surface area (Å²) in [5.41, 5.74) is 0.616. The molecule has 2 rings (SSSR count). The van der Waals surface area contributed by atoms with E-state index in [1.807, 2.05) is 6.92 Å². The molecule has 2 heterocycles. The van der Waals surface area contributed by atoms with Gasteiger partial charge in [0.1, 0.15) is 6.04 Å². The summed E-state index contributed by atoms with van der Waals surface area (Å²) in [5.74, 6) is -1.04. The highest BCUT2D eigenvalue weighted by atomic mass is 32.1. The van der Waals surface area contributed by atoms with Crippen molar-refractivity contribution in [3.8, 4) is 0 Å². The molecule has 2 unspecified atom stereocenters. The Kier molecular flexibility index (Phi) is 4.43. The second kappa shape index (κ2) is 6.08. The summed E-state index contributed by atoms with van der Waals surface area (Å²) in [7, 11) is 0. The molecule has 0 bridgehead atoms. The molecule has 2 amide bonds. The molecule has 0 aromatic carbocycles. The zero-order valence-corrected chi connectivity index (χ0v) is 11.9. The van der Waals surface area contributed by atoms with E-state index in [1.165, 1.54) is 4.90 Å². The van der Waals surface area contributed by atoms with Gasteiger partial charge in [-0.1, -0.05) is 18.3 Å². The smallest absolute Gasteiger partial charge is 0.326 e. The van der Waals surface area contributed by atoms with Crippen molar-refractivity contribution in [3.05, 3.63) is 20.7 Å². The molecule has 3 N–H and O–H groups in total. The number of rotatable bonds is 3. The van der Waals surface area contributed by atoms with Crippen molar-refractivity contribution < 1.29 is 14.7 Å². The maximum atomic E-state index is 12.1. The molecule has 2 atom stereocenters. The van der Waals surface area contributed by atoms with Crippen LogP contribution in [0.1, 0.15) is 25.5 Å². The van der Waals surface area contributed by atoms with Crippen molar-refractivity contribution in [2.45, 2.75) is 32.4 Å². The molecule has 20 heavy (non-hydrogen) atoms. The molecule has 1 aromatic rings. The summed E-state index contributed by atoms with van der Waals surface area (Å²) in [5, 5.41) is 13.5. The van der Waals surface area contributed by atoms with E-state index in [0.717, 1.165) is 24.2 Å². The second-order valence-electron chi connectivity index (χ2n) is 4.93. The van der Waals surface area contributed by atoms with E-state index in [0.29, 0.717) is 12.2 Å². The Labute approximate surface area is 119 Å². The maximum Gasteiger partial charge on any atom is 0.326 e. The van der Waals surface area contributed by atoms with Crippen LogP contribution in [0, 0.1) is 5.92 Å². The Morgan fingerprint density at radius 2 is 2.35 bits per heavy atom. The molecule has 8 heteroatoms. The Hall–Kier alpha value is -1.83. The predicted molar refractivity (Wildman–Crippen MR) is 73.7 cm³/mol. The van der Waals surface area contributed by atoms with Gasteiger partial charge >= 0.3 is 16.9 Å². The average Bonchev–Trinajstić information content (AvgIpc) is 2.81. The Bertz CT molecular complexity index is 553. The van der Waals surface area contributed by atoms with Crippen LogP contribution in [0.25, 0.3) is 0 Å². The van der Waals surface area contributed by atoms with Gasteiger partial charge < -0.3 is 20.3 Å². The van der Waals surface area contributed by atoms with E-state index in [1.54, 1.807) is 5.38 Å². The third kappa shape index (κ3) is 3.19. The monoisotopic (exact) mass is 299 g/mol. The first kappa shape index (κ1) is 14.6. The first-order valence-electron chi connectivity index (χ1n) is 6.43. The third-order valence-electron chi connectivity index (χ3n) is 3.45. The molecule has 1 saturated heterocycles. The lowest BCUT2D eigenvalue weighted by atomic mass is 9.91. The van der Waals surface area contributed by atoms with Crippen LogP contribution < -0.4 is 10.2 Å². The van der Waals surface area contributed by atoms with Crippen molar-refractivity contribution in [2.75, 3.05) is 6.54 Å². The van der Waals surface area contributed by atoms with Crippen LogP contribution in [0.3, 0.4) is 0 Å². The van der Waals surface area contributed by atoms with Crippen LogP contribution in [0.4, 0.5) is 4.79 Å². The summed E-state index contributed by atoms with van der Waals surface area (Å²) in [6, 6.07) is -1.19. The summed E-state index contributed by atoms with van der Waals surface area (Å²) in [4.78, 5) is 38.2. The third-order valence-corrected chi connectivity index (χ3v) is 4.17. The van der Waals surface area contributed by atoms with Crippen LogP contribution >= 0.6 is 11.3 Å². The summed E-state index contributed by atoms with van der Waals surface area (Å²) >= 11 is 1.03. The number of hydrogen-bond donors (Lipinski definition) is 3. The highest BCUT2D eigenvalue weighted by Crippen LogP contribution is 2.23. The average molecular weight is 299 g/mol. The number of carboxylic acids is 1. The van der Waals surface area contributed by atoms with Gasteiger partial charge in [0.15, 0.2) is 0 Å². The summed E-state index contributed by atoms with van der Waals surface area (Å²) in [6.07, 6.45) is 1.60. The lowest BCUT2D eigenvalue weighted by Crippen LogP contribution is -2.54. The highest BCUT2D eigenvalue weighted by Gasteiger charge is 2.36. The normalized spacial score (nSPS) is 22.6.